The molecule has 3 aliphatic rings. The van der Waals surface area contributed by atoms with Crippen LogP contribution in [0.3, 0.4) is 0 Å². The zero-order valence-corrected chi connectivity index (χ0v) is 11.8. The molecule has 1 N–H and O–H groups in total. The molecule has 0 spiro atoms. The zero-order chi connectivity index (χ0) is 13.1. The van der Waals surface area contributed by atoms with Gasteiger partial charge in [-0.05, 0) is 67.6 Å². The summed E-state index contributed by atoms with van der Waals surface area (Å²) in [5.41, 5.74) is 1.01. The minimum atomic E-state index is -0.262. The van der Waals surface area contributed by atoms with E-state index in [-0.39, 0.29) is 11.9 Å². The highest BCUT2D eigenvalue weighted by Gasteiger charge is 2.64. The van der Waals surface area contributed by atoms with Crippen LogP contribution in [0.25, 0.3) is 0 Å². The van der Waals surface area contributed by atoms with Crippen LogP contribution in [0.1, 0.15) is 37.8 Å². The van der Waals surface area contributed by atoms with Gasteiger partial charge in [-0.3, -0.25) is 0 Å². The highest BCUT2D eigenvalue weighted by atomic mass is 35.5. The van der Waals surface area contributed by atoms with E-state index in [0.29, 0.717) is 11.1 Å². The van der Waals surface area contributed by atoms with Crippen molar-refractivity contribution >= 4 is 11.6 Å². The first-order chi connectivity index (χ1) is 9.15. The summed E-state index contributed by atoms with van der Waals surface area (Å²) in [6, 6.07) is 5.61. The van der Waals surface area contributed by atoms with Crippen LogP contribution in [0, 0.1) is 29.5 Å². The second kappa shape index (κ2) is 4.20. The fourth-order valence-corrected chi connectivity index (χ4v) is 5.11. The van der Waals surface area contributed by atoms with Gasteiger partial charge in [-0.1, -0.05) is 17.7 Å². The fraction of sp³-hybridized carbons (Fsp3) is 0.625. The molecule has 1 aromatic carbocycles. The first-order valence-electron chi connectivity index (χ1n) is 7.36. The van der Waals surface area contributed by atoms with Crippen molar-refractivity contribution in [3.8, 4) is 0 Å². The molecule has 3 fully saturated rings. The fourth-order valence-electron chi connectivity index (χ4n) is 4.78. The Bertz CT molecular complexity index is 501. The summed E-state index contributed by atoms with van der Waals surface area (Å²) in [6.07, 6.45) is 4.35. The molecule has 0 amide bonds. The van der Waals surface area contributed by atoms with Crippen LogP contribution in [0.4, 0.5) is 4.39 Å². The molecule has 19 heavy (non-hydrogen) atoms. The third-order valence-corrected chi connectivity index (χ3v) is 5.93. The molecule has 0 heterocycles. The highest BCUT2D eigenvalue weighted by molar-refractivity contribution is 6.31. The van der Waals surface area contributed by atoms with E-state index in [1.807, 2.05) is 6.07 Å². The van der Waals surface area contributed by atoms with Crippen molar-refractivity contribution in [2.75, 3.05) is 0 Å². The van der Waals surface area contributed by atoms with E-state index in [0.717, 1.165) is 29.2 Å². The van der Waals surface area contributed by atoms with Crippen molar-refractivity contribution in [3.63, 3.8) is 0 Å². The Morgan fingerprint density at radius 1 is 1.26 bits per heavy atom. The molecule has 102 valence electrons. The molecule has 3 aliphatic carbocycles. The molecular formula is C16H19ClFN. The second-order valence-electron chi connectivity index (χ2n) is 6.57. The normalized spacial score (nSPS) is 40.3. The minimum absolute atomic E-state index is 0.211. The maximum absolute atomic E-state index is 13.1. The van der Waals surface area contributed by atoms with Crippen molar-refractivity contribution in [1.29, 1.82) is 0 Å². The number of benzene rings is 1. The summed E-state index contributed by atoms with van der Waals surface area (Å²) in [4.78, 5) is 0. The van der Waals surface area contributed by atoms with Crippen LogP contribution in [0.15, 0.2) is 18.2 Å². The standard InChI is InChI=1S/C16H19ClFN/c1-8(12-5-4-11(18)7-13(12)17)19-16-14-9-2-3-10(6-9)15(14)16/h4-5,7-10,14-16,19H,2-3,6H2,1H3. The van der Waals surface area contributed by atoms with E-state index in [4.69, 9.17) is 11.6 Å². The van der Waals surface area contributed by atoms with E-state index in [9.17, 15) is 4.39 Å². The van der Waals surface area contributed by atoms with E-state index < -0.39 is 0 Å². The van der Waals surface area contributed by atoms with Crippen molar-refractivity contribution in [2.24, 2.45) is 23.7 Å². The molecule has 1 aromatic rings. The molecule has 4 rings (SSSR count). The highest BCUT2D eigenvalue weighted by Crippen LogP contribution is 2.65. The second-order valence-corrected chi connectivity index (χ2v) is 6.98. The van der Waals surface area contributed by atoms with Gasteiger partial charge in [0.25, 0.3) is 0 Å². The Morgan fingerprint density at radius 3 is 2.58 bits per heavy atom. The molecule has 3 heteroatoms. The maximum atomic E-state index is 13.1. The lowest BCUT2D eigenvalue weighted by molar-refractivity contribution is 0.433. The monoisotopic (exact) mass is 279 g/mol. The zero-order valence-electron chi connectivity index (χ0n) is 11.1. The van der Waals surface area contributed by atoms with Crippen molar-refractivity contribution in [1.82, 2.24) is 5.32 Å². The minimum Gasteiger partial charge on any atom is -0.307 e. The van der Waals surface area contributed by atoms with Gasteiger partial charge < -0.3 is 5.32 Å². The lowest BCUT2D eigenvalue weighted by Gasteiger charge is -2.18. The van der Waals surface area contributed by atoms with Gasteiger partial charge in [0.05, 0.1) is 0 Å². The summed E-state index contributed by atoms with van der Waals surface area (Å²) in [7, 11) is 0. The molecule has 5 unspecified atom stereocenters. The number of halogens is 2. The van der Waals surface area contributed by atoms with Gasteiger partial charge in [0, 0.05) is 17.1 Å². The summed E-state index contributed by atoms with van der Waals surface area (Å²) in [6.45, 7) is 2.13. The van der Waals surface area contributed by atoms with Crippen molar-refractivity contribution in [3.05, 3.63) is 34.6 Å². The van der Waals surface area contributed by atoms with Gasteiger partial charge in [0.1, 0.15) is 5.82 Å². The maximum Gasteiger partial charge on any atom is 0.124 e. The quantitative estimate of drug-likeness (QED) is 0.875. The van der Waals surface area contributed by atoms with Crippen molar-refractivity contribution in [2.45, 2.75) is 38.3 Å². The molecule has 2 bridgehead atoms. The smallest absolute Gasteiger partial charge is 0.124 e. The number of rotatable bonds is 3. The van der Waals surface area contributed by atoms with Crippen LogP contribution in [-0.4, -0.2) is 6.04 Å². The summed E-state index contributed by atoms with van der Waals surface area (Å²) >= 11 is 6.14. The van der Waals surface area contributed by atoms with E-state index in [1.165, 1.54) is 31.4 Å². The van der Waals surface area contributed by atoms with Gasteiger partial charge in [0.15, 0.2) is 0 Å². The lowest BCUT2D eigenvalue weighted by Crippen LogP contribution is -2.26. The number of fused-ring (bicyclic) bond motifs is 5. The topological polar surface area (TPSA) is 12.0 Å². The molecular weight excluding hydrogens is 261 g/mol. The number of hydrogen-bond donors (Lipinski definition) is 1. The van der Waals surface area contributed by atoms with E-state index in [2.05, 4.69) is 12.2 Å². The van der Waals surface area contributed by atoms with Crippen LogP contribution >= 0.6 is 11.6 Å². The predicted molar refractivity (Wildman–Crippen MR) is 74.6 cm³/mol. The Kier molecular flexibility index (Phi) is 2.69. The van der Waals surface area contributed by atoms with Gasteiger partial charge in [-0.15, -0.1) is 0 Å². The van der Waals surface area contributed by atoms with Gasteiger partial charge in [-0.25, -0.2) is 4.39 Å². The van der Waals surface area contributed by atoms with Crippen LogP contribution in [0.5, 0.6) is 0 Å². The van der Waals surface area contributed by atoms with E-state index >= 15 is 0 Å². The average molecular weight is 280 g/mol. The van der Waals surface area contributed by atoms with Gasteiger partial charge >= 0.3 is 0 Å². The molecule has 5 atom stereocenters. The first kappa shape index (κ1) is 12.2. The Morgan fingerprint density at radius 2 is 1.95 bits per heavy atom. The number of hydrogen-bond acceptors (Lipinski definition) is 1. The SMILES string of the molecule is CC(NC1C2C3CCC(C3)C12)c1ccc(F)cc1Cl. The third kappa shape index (κ3) is 1.84. The Hall–Kier alpha value is -0.600. The Labute approximate surface area is 118 Å². The third-order valence-electron chi connectivity index (χ3n) is 5.61. The summed E-state index contributed by atoms with van der Waals surface area (Å²) < 4.78 is 13.1. The van der Waals surface area contributed by atoms with Gasteiger partial charge in [-0.2, -0.15) is 0 Å². The average Bonchev–Trinajstić information content (AvgIpc) is 2.78. The largest absolute Gasteiger partial charge is 0.307 e. The molecule has 0 saturated heterocycles. The Balaban J connectivity index is 1.46. The van der Waals surface area contributed by atoms with E-state index in [1.54, 1.807) is 0 Å². The lowest BCUT2D eigenvalue weighted by atomic mass is 10.0. The van der Waals surface area contributed by atoms with Crippen LogP contribution in [0.2, 0.25) is 5.02 Å². The van der Waals surface area contributed by atoms with Crippen molar-refractivity contribution < 1.29 is 4.39 Å². The van der Waals surface area contributed by atoms with Gasteiger partial charge in [0.2, 0.25) is 0 Å². The van der Waals surface area contributed by atoms with Crippen LogP contribution in [-0.2, 0) is 0 Å². The predicted octanol–water partition coefficient (Wildman–Crippen LogP) is 4.17. The molecule has 3 saturated carbocycles. The number of nitrogens with one attached hydrogen (secondary N) is 1. The van der Waals surface area contributed by atoms with Crippen LogP contribution < -0.4 is 5.32 Å². The molecule has 0 aromatic heterocycles. The summed E-state index contributed by atoms with van der Waals surface area (Å²) in [5, 5.41) is 4.26. The molecule has 0 aliphatic heterocycles. The summed E-state index contributed by atoms with van der Waals surface area (Å²) in [5.74, 6) is 3.52. The molecule has 1 nitrogen and oxygen atoms in total. The first-order valence-corrected chi connectivity index (χ1v) is 7.74. The molecule has 0 radical (unpaired) electrons.